The Kier molecular flexibility index (Phi) is 5.72. The first-order valence-corrected chi connectivity index (χ1v) is 8.21. The molecule has 0 bridgehead atoms. The average molecular weight is 381 g/mol. The van der Waals surface area contributed by atoms with Crippen molar-refractivity contribution >= 4 is 17.8 Å². The average Bonchev–Trinajstić information content (AvgIpc) is 2.75. The fraction of sp³-hybridized carbons (Fsp3) is 0.158. The first-order valence-electron chi connectivity index (χ1n) is 8.21. The van der Waals surface area contributed by atoms with Gasteiger partial charge in [0.05, 0.1) is 17.2 Å². The maximum absolute atomic E-state index is 12.1. The number of esters is 1. The Morgan fingerprint density at radius 3 is 2.68 bits per heavy atom. The van der Waals surface area contributed by atoms with Crippen LogP contribution in [0.15, 0.2) is 48.5 Å². The minimum Gasteiger partial charge on any atom is -0.485 e. The van der Waals surface area contributed by atoms with Crippen molar-refractivity contribution in [3.63, 3.8) is 0 Å². The highest BCUT2D eigenvalue weighted by Gasteiger charge is 2.27. The molecule has 0 aromatic heterocycles. The highest BCUT2D eigenvalue weighted by Crippen LogP contribution is 2.30. The van der Waals surface area contributed by atoms with E-state index in [2.05, 4.69) is 10.9 Å². The van der Waals surface area contributed by atoms with Crippen LogP contribution in [0.5, 0.6) is 11.5 Å². The van der Waals surface area contributed by atoms with Crippen LogP contribution in [0.4, 0.5) is 0 Å². The Morgan fingerprint density at radius 2 is 1.89 bits per heavy atom. The van der Waals surface area contributed by atoms with E-state index in [9.17, 15) is 14.4 Å². The highest BCUT2D eigenvalue weighted by atomic mass is 16.6. The standard InChI is InChI=1S/C19H15N3O6/c20-9-12-4-3-5-13(8-12)19(25)27-11-17(23)21-22-18(24)16-10-26-14-6-1-2-7-15(14)28-16/h1-8,16H,10-11H2,(H,21,23)(H,22,24)/t16-/m1/s1. The quantitative estimate of drug-likeness (QED) is 0.590. The molecule has 142 valence electrons. The topological polar surface area (TPSA) is 127 Å². The van der Waals surface area contributed by atoms with Crippen LogP contribution in [-0.4, -0.2) is 37.1 Å². The number of carbonyl (C=O) groups is 3. The molecule has 0 saturated carbocycles. The Bertz CT molecular complexity index is 953. The van der Waals surface area contributed by atoms with Crippen molar-refractivity contribution < 1.29 is 28.6 Å². The summed E-state index contributed by atoms with van der Waals surface area (Å²) in [4.78, 5) is 35.7. The second-order valence-electron chi connectivity index (χ2n) is 5.67. The minimum atomic E-state index is -0.938. The summed E-state index contributed by atoms with van der Waals surface area (Å²) in [5.41, 5.74) is 4.75. The number of hydrazine groups is 1. The summed E-state index contributed by atoms with van der Waals surface area (Å²) in [5, 5.41) is 8.82. The third kappa shape index (κ3) is 4.56. The zero-order chi connectivity index (χ0) is 19.9. The molecule has 3 rings (SSSR count). The number of nitrogens with zero attached hydrogens (tertiary/aromatic N) is 1. The van der Waals surface area contributed by atoms with Crippen LogP contribution in [-0.2, 0) is 14.3 Å². The van der Waals surface area contributed by atoms with Gasteiger partial charge in [-0.05, 0) is 30.3 Å². The number of hydrogen-bond acceptors (Lipinski definition) is 7. The third-order valence-corrected chi connectivity index (χ3v) is 3.69. The lowest BCUT2D eigenvalue weighted by Crippen LogP contribution is -2.51. The first-order chi connectivity index (χ1) is 13.6. The van der Waals surface area contributed by atoms with Gasteiger partial charge in [-0.3, -0.25) is 20.4 Å². The smallest absolute Gasteiger partial charge is 0.338 e. The molecule has 0 spiro atoms. The number of amides is 2. The van der Waals surface area contributed by atoms with E-state index >= 15 is 0 Å². The summed E-state index contributed by atoms with van der Waals surface area (Å²) < 4.78 is 15.8. The highest BCUT2D eigenvalue weighted by molar-refractivity contribution is 5.92. The van der Waals surface area contributed by atoms with Crippen molar-refractivity contribution in [1.29, 1.82) is 5.26 Å². The molecule has 9 heteroatoms. The number of carbonyl (C=O) groups excluding carboxylic acids is 3. The molecule has 0 saturated heterocycles. The van der Waals surface area contributed by atoms with Crippen molar-refractivity contribution in [2.24, 2.45) is 0 Å². The van der Waals surface area contributed by atoms with Crippen molar-refractivity contribution in [3.8, 4) is 17.6 Å². The normalized spacial score (nSPS) is 14.3. The van der Waals surface area contributed by atoms with Crippen LogP contribution < -0.4 is 20.3 Å². The lowest BCUT2D eigenvalue weighted by Gasteiger charge is -2.25. The van der Waals surface area contributed by atoms with E-state index in [1.54, 1.807) is 24.3 Å². The monoisotopic (exact) mass is 381 g/mol. The number of benzene rings is 2. The molecule has 0 fully saturated rings. The van der Waals surface area contributed by atoms with Crippen LogP contribution in [0.3, 0.4) is 0 Å². The predicted molar refractivity (Wildman–Crippen MR) is 94.1 cm³/mol. The van der Waals surface area contributed by atoms with Gasteiger partial charge in [-0.2, -0.15) is 5.26 Å². The van der Waals surface area contributed by atoms with Crippen LogP contribution in [0, 0.1) is 11.3 Å². The number of ether oxygens (including phenoxy) is 3. The van der Waals surface area contributed by atoms with Gasteiger partial charge in [0.15, 0.2) is 18.1 Å². The Labute approximate surface area is 159 Å². The fourth-order valence-electron chi connectivity index (χ4n) is 2.33. The van der Waals surface area contributed by atoms with Crippen molar-refractivity contribution in [2.45, 2.75) is 6.10 Å². The summed E-state index contributed by atoms with van der Waals surface area (Å²) in [6, 6.07) is 14.7. The van der Waals surface area contributed by atoms with Gasteiger partial charge in [0.2, 0.25) is 6.10 Å². The van der Waals surface area contributed by atoms with Gasteiger partial charge in [-0.25, -0.2) is 4.79 Å². The summed E-state index contributed by atoms with van der Waals surface area (Å²) in [6.45, 7) is -0.621. The molecule has 2 aromatic carbocycles. The van der Waals surface area contributed by atoms with Gasteiger partial charge >= 0.3 is 5.97 Å². The Balaban J connectivity index is 1.43. The number of hydrogen-bond donors (Lipinski definition) is 2. The van der Waals surface area contributed by atoms with E-state index in [1.165, 1.54) is 24.3 Å². The molecule has 9 nitrogen and oxygen atoms in total. The van der Waals surface area contributed by atoms with E-state index in [0.29, 0.717) is 17.1 Å². The van der Waals surface area contributed by atoms with Gasteiger partial charge in [0.1, 0.15) is 6.61 Å². The summed E-state index contributed by atoms with van der Waals surface area (Å²) >= 11 is 0. The van der Waals surface area contributed by atoms with E-state index < -0.39 is 30.5 Å². The zero-order valence-corrected chi connectivity index (χ0v) is 14.5. The molecule has 0 aliphatic carbocycles. The SMILES string of the molecule is N#Cc1cccc(C(=O)OCC(=O)NNC(=O)[C@H]2COc3ccccc3O2)c1. The maximum Gasteiger partial charge on any atom is 0.338 e. The van der Waals surface area contributed by atoms with Crippen molar-refractivity contribution in [1.82, 2.24) is 10.9 Å². The Morgan fingerprint density at radius 1 is 1.11 bits per heavy atom. The van der Waals surface area contributed by atoms with Crippen molar-refractivity contribution in [3.05, 3.63) is 59.7 Å². The van der Waals surface area contributed by atoms with Crippen LogP contribution >= 0.6 is 0 Å². The molecule has 2 aromatic rings. The summed E-state index contributed by atoms with van der Waals surface area (Å²) in [6.07, 6.45) is -0.938. The lowest BCUT2D eigenvalue weighted by atomic mass is 10.1. The molecule has 0 unspecified atom stereocenters. The molecule has 1 heterocycles. The minimum absolute atomic E-state index is 0.0110. The maximum atomic E-state index is 12.1. The number of nitrogens with one attached hydrogen (secondary N) is 2. The number of nitriles is 1. The van der Waals surface area contributed by atoms with Crippen LogP contribution in [0.1, 0.15) is 15.9 Å². The fourth-order valence-corrected chi connectivity index (χ4v) is 2.33. The second-order valence-corrected chi connectivity index (χ2v) is 5.67. The first kappa shape index (κ1) is 18.7. The summed E-state index contributed by atoms with van der Waals surface area (Å²) in [5.74, 6) is -1.16. The van der Waals surface area contributed by atoms with E-state index in [-0.39, 0.29) is 12.2 Å². The molecular formula is C19H15N3O6. The molecule has 1 aliphatic rings. The molecule has 0 radical (unpaired) electrons. The van der Waals surface area contributed by atoms with E-state index in [1.807, 2.05) is 6.07 Å². The largest absolute Gasteiger partial charge is 0.485 e. The molecule has 28 heavy (non-hydrogen) atoms. The molecular weight excluding hydrogens is 366 g/mol. The third-order valence-electron chi connectivity index (χ3n) is 3.69. The number of rotatable bonds is 4. The predicted octanol–water partition coefficient (Wildman–Crippen LogP) is 0.702. The van der Waals surface area contributed by atoms with Gasteiger partial charge in [-0.15, -0.1) is 0 Å². The van der Waals surface area contributed by atoms with Gasteiger partial charge in [0, 0.05) is 0 Å². The van der Waals surface area contributed by atoms with E-state index in [4.69, 9.17) is 19.5 Å². The van der Waals surface area contributed by atoms with E-state index in [0.717, 1.165) is 0 Å². The number of para-hydroxylation sites is 2. The second kappa shape index (κ2) is 8.55. The molecule has 2 N–H and O–H groups in total. The molecule has 2 amide bonds. The Hall–Kier alpha value is -4.06. The van der Waals surface area contributed by atoms with Gasteiger partial charge < -0.3 is 14.2 Å². The summed E-state index contributed by atoms with van der Waals surface area (Å²) in [7, 11) is 0. The van der Waals surface area contributed by atoms with Gasteiger partial charge in [-0.1, -0.05) is 18.2 Å². The molecule has 1 aliphatic heterocycles. The molecule has 1 atom stereocenters. The zero-order valence-electron chi connectivity index (χ0n) is 14.5. The van der Waals surface area contributed by atoms with Crippen LogP contribution in [0.25, 0.3) is 0 Å². The number of fused-ring (bicyclic) bond motifs is 1. The van der Waals surface area contributed by atoms with Crippen LogP contribution in [0.2, 0.25) is 0 Å². The van der Waals surface area contributed by atoms with Gasteiger partial charge in [0.25, 0.3) is 11.8 Å². The lowest BCUT2D eigenvalue weighted by molar-refractivity contribution is -0.135. The van der Waals surface area contributed by atoms with Crippen molar-refractivity contribution in [2.75, 3.05) is 13.2 Å².